The number of rotatable bonds is 2. The maximum Gasteiger partial charge on any atom is 0.243 e. The van der Waals surface area contributed by atoms with Crippen molar-refractivity contribution in [3.63, 3.8) is 0 Å². The van der Waals surface area contributed by atoms with Gasteiger partial charge in [0, 0.05) is 13.1 Å². The lowest BCUT2D eigenvalue weighted by Gasteiger charge is -2.30. The fraction of sp³-hybridized carbons (Fsp3) is 0.294. The van der Waals surface area contributed by atoms with Crippen LogP contribution in [0.5, 0.6) is 11.5 Å². The summed E-state index contributed by atoms with van der Waals surface area (Å²) in [5.41, 5.74) is 1.99. The first-order valence-electron chi connectivity index (χ1n) is 7.71. The summed E-state index contributed by atoms with van der Waals surface area (Å²) in [4.78, 5) is 0.102. The van der Waals surface area contributed by atoms with Gasteiger partial charge in [-0.05, 0) is 53.9 Å². The molecule has 0 spiro atoms. The maximum atomic E-state index is 13.0. The first kappa shape index (κ1) is 15.4. The molecule has 0 aromatic heterocycles. The molecule has 5 nitrogen and oxygen atoms in total. The van der Waals surface area contributed by atoms with Crippen LogP contribution in [0.4, 0.5) is 4.39 Å². The average molecular weight is 349 g/mol. The third-order valence-corrected chi connectivity index (χ3v) is 6.15. The summed E-state index contributed by atoms with van der Waals surface area (Å²) in [6, 6.07) is 8.70. The molecule has 0 amide bonds. The van der Waals surface area contributed by atoms with Crippen molar-refractivity contribution in [2.75, 3.05) is 19.8 Å². The van der Waals surface area contributed by atoms with E-state index >= 15 is 0 Å². The highest BCUT2D eigenvalue weighted by molar-refractivity contribution is 7.89. The van der Waals surface area contributed by atoms with Gasteiger partial charge in [0.05, 0.1) is 4.90 Å². The Morgan fingerprint density at radius 1 is 0.958 bits per heavy atom. The Balaban J connectivity index is 1.65. The second-order valence-corrected chi connectivity index (χ2v) is 7.75. The molecule has 0 fully saturated rings. The van der Waals surface area contributed by atoms with Crippen molar-refractivity contribution in [3.8, 4) is 11.5 Å². The molecule has 0 radical (unpaired) electrons. The van der Waals surface area contributed by atoms with Crippen LogP contribution >= 0.6 is 0 Å². The molecule has 7 heteroatoms. The Bertz CT molecular complexity index is 880. The first-order valence-corrected chi connectivity index (χ1v) is 9.15. The third kappa shape index (κ3) is 2.63. The fourth-order valence-electron chi connectivity index (χ4n) is 3.03. The molecule has 2 aromatic carbocycles. The van der Waals surface area contributed by atoms with Crippen molar-refractivity contribution in [3.05, 3.63) is 53.3 Å². The second-order valence-electron chi connectivity index (χ2n) is 5.81. The van der Waals surface area contributed by atoms with Crippen molar-refractivity contribution < 1.29 is 22.3 Å². The molecule has 0 saturated carbocycles. The van der Waals surface area contributed by atoms with Gasteiger partial charge in [0.15, 0.2) is 11.5 Å². The van der Waals surface area contributed by atoms with Crippen LogP contribution in [0.2, 0.25) is 0 Å². The molecule has 0 saturated heterocycles. The lowest BCUT2D eigenvalue weighted by Crippen LogP contribution is -2.36. The molecule has 0 bridgehead atoms. The predicted octanol–water partition coefficient (Wildman–Crippen LogP) is 2.34. The molecular formula is C17H16FNO4S. The molecule has 2 aliphatic heterocycles. The Hall–Kier alpha value is -2.12. The van der Waals surface area contributed by atoms with Crippen molar-refractivity contribution in [2.45, 2.75) is 17.9 Å². The Labute approximate surface area is 139 Å². The third-order valence-electron chi connectivity index (χ3n) is 4.29. The minimum Gasteiger partial charge on any atom is -0.486 e. The lowest BCUT2D eigenvalue weighted by atomic mass is 10.00. The van der Waals surface area contributed by atoms with Gasteiger partial charge in [-0.1, -0.05) is 0 Å². The summed E-state index contributed by atoms with van der Waals surface area (Å²) in [5, 5.41) is 0. The van der Waals surface area contributed by atoms with E-state index in [9.17, 15) is 12.8 Å². The van der Waals surface area contributed by atoms with E-state index in [-0.39, 0.29) is 11.4 Å². The molecule has 2 aliphatic rings. The smallest absolute Gasteiger partial charge is 0.243 e. The van der Waals surface area contributed by atoms with Gasteiger partial charge in [-0.25, -0.2) is 12.8 Å². The zero-order valence-corrected chi connectivity index (χ0v) is 13.7. The van der Waals surface area contributed by atoms with Gasteiger partial charge >= 0.3 is 0 Å². The van der Waals surface area contributed by atoms with Gasteiger partial charge in [-0.2, -0.15) is 4.31 Å². The summed E-state index contributed by atoms with van der Waals surface area (Å²) in [6.45, 7) is 1.66. The second kappa shape index (κ2) is 5.75. The van der Waals surface area contributed by atoms with Crippen molar-refractivity contribution in [1.82, 2.24) is 4.31 Å². The van der Waals surface area contributed by atoms with Crippen molar-refractivity contribution in [1.29, 1.82) is 0 Å². The van der Waals surface area contributed by atoms with Gasteiger partial charge < -0.3 is 9.47 Å². The van der Waals surface area contributed by atoms with Crippen LogP contribution in [0.3, 0.4) is 0 Å². The van der Waals surface area contributed by atoms with Crippen LogP contribution in [-0.4, -0.2) is 32.5 Å². The van der Waals surface area contributed by atoms with Crippen LogP contribution < -0.4 is 9.47 Å². The van der Waals surface area contributed by atoms with E-state index in [2.05, 4.69) is 0 Å². The first-order chi connectivity index (χ1) is 11.5. The fourth-order valence-corrected chi connectivity index (χ4v) is 4.45. The minimum atomic E-state index is -3.65. The minimum absolute atomic E-state index is 0.102. The Morgan fingerprint density at radius 2 is 1.58 bits per heavy atom. The number of fused-ring (bicyclic) bond motifs is 2. The highest BCUT2D eigenvalue weighted by Gasteiger charge is 2.29. The number of nitrogens with zero attached hydrogens (tertiary/aromatic N) is 1. The molecule has 0 atom stereocenters. The normalized spacial score (nSPS) is 17.4. The highest BCUT2D eigenvalue weighted by atomic mass is 32.2. The van der Waals surface area contributed by atoms with E-state index in [0.29, 0.717) is 31.9 Å². The van der Waals surface area contributed by atoms with Crippen LogP contribution in [0.25, 0.3) is 0 Å². The van der Waals surface area contributed by atoms with Gasteiger partial charge in [-0.15, -0.1) is 0 Å². The number of halogens is 1. The SMILES string of the molecule is O=S(=O)(c1ccc(F)cc1)N1CCc2cc3c(cc2C1)OCCO3. The zero-order chi connectivity index (χ0) is 16.7. The lowest BCUT2D eigenvalue weighted by molar-refractivity contribution is 0.171. The molecule has 2 aromatic rings. The summed E-state index contributed by atoms with van der Waals surface area (Å²) in [7, 11) is -3.65. The Kier molecular flexibility index (Phi) is 3.69. The molecule has 0 unspecified atom stereocenters. The van der Waals surface area contributed by atoms with Gasteiger partial charge in [-0.3, -0.25) is 0 Å². The van der Waals surface area contributed by atoms with E-state index in [1.165, 1.54) is 16.4 Å². The topological polar surface area (TPSA) is 55.8 Å². The Morgan fingerprint density at radius 3 is 2.25 bits per heavy atom. The molecule has 4 rings (SSSR count). The number of hydrogen-bond donors (Lipinski definition) is 0. The average Bonchev–Trinajstić information content (AvgIpc) is 2.59. The van der Waals surface area contributed by atoms with E-state index in [1.807, 2.05) is 12.1 Å². The van der Waals surface area contributed by atoms with E-state index in [1.54, 1.807) is 0 Å². The monoisotopic (exact) mass is 349 g/mol. The summed E-state index contributed by atoms with van der Waals surface area (Å²) >= 11 is 0. The molecule has 2 heterocycles. The molecular weight excluding hydrogens is 333 g/mol. The quantitative estimate of drug-likeness (QED) is 0.835. The summed E-state index contributed by atoms with van der Waals surface area (Å²) in [5.74, 6) is 0.914. The van der Waals surface area contributed by atoms with Crippen LogP contribution in [0.1, 0.15) is 11.1 Å². The van der Waals surface area contributed by atoms with Gasteiger partial charge in [0.2, 0.25) is 10.0 Å². The molecule has 126 valence electrons. The molecule has 0 N–H and O–H groups in total. The van der Waals surface area contributed by atoms with Gasteiger partial charge in [0.25, 0.3) is 0 Å². The number of benzene rings is 2. The van der Waals surface area contributed by atoms with E-state index < -0.39 is 15.8 Å². The predicted molar refractivity (Wildman–Crippen MR) is 85.1 cm³/mol. The maximum absolute atomic E-state index is 13.0. The van der Waals surface area contributed by atoms with E-state index in [0.717, 1.165) is 29.0 Å². The standard InChI is InChI=1S/C17H16FNO4S/c18-14-1-3-15(4-2-14)24(20,21)19-6-5-12-9-16-17(10-13(12)11-19)23-8-7-22-16/h1-4,9-10H,5-8,11H2. The molecule has 0 aliphatic carbocycles. The molecule has 24 heavy (non-hydrogen) atoms. The summed E-state index contributed by atoms with van der Waals surface area (Å²) < 4.78 is 51.1. The zero-order valence-electron chi connectivity index (χ0n) is 12.9. The van der Waals surface area contributed by atoms with Crippen molar-refractivity contribution in [2.24, 2.45) is 0 Å². The largest absolute Gasteiger partial charge is 0.486 e. The highest BCUT2D eigenvalue weighted by Crippen LogP contribution is 2.36. The number of ether oxygens (including phenoxy) is 2. The van der Waals surface area contributed by atoms with E-state index in [4.69, 9.17) is 9.47 Å². The van der Waals surface area contributed by atoms with Gasteiger partial charge in [0.1, 0.15) is 19.0 Å². The van der Waals surface area contributed by atoms with Crippen LogP contribution in [0.15, 0.2) is 41.3 Å². The van der Waals surface area contributed by atoms with Crippen LogP contribution in [0, 0.1) is 5.82 Å². The summed E-state index contributed by atoms with van der Waals surface area (Å²) in [6.07, 6.45) is 0.604. The number of hydrogen-bond acceptors (Lipinski definition) is 4. The van der Waals surface area contributed by atoms with Crippen LogP contribution in [-0.2, 0) is 23.0 Å². The van der Waals surface area contributed by atoms with Crippen molar-refractivity contribution >= 4 is 10.0 Å². The number of sulfonamides is 1.